The Morgan fingerprint density at radius 1 is 1.03 bits per heavy atom. The molecule has 36 heavy (non-hydrogen) atoms. The average Bonchev–Trinajstić information content (AvgIpc) is 3.61. The number of hydrogen-bond acceptors (Lipinski definition) is 6. The largest absolute Gasteiger partial charge is 0.337 e. The highest BCUT2D eigenvalue weighted by Crippen LogP contribution is 2.35. The SMILES string of the molecule is CN(C)CCCc1cncc(-c2cc3c(-c4nc5c(-c6ccc(F)s6)cccc5[nH]4)n[nH]c3cn2)c1. The average molecular weight is 498 g/mol. The van der Waals surface area contributed by atoms with E-state index in [1.54, 1.807) is 12.3 Å². The first-order chi connectivity index (χ1) is 17.5. The number of nitrogens with zero attached hydrogens (tertiary/aromatic N) is 5. The van der Waals surface area contributed by atoms with Crippen LogP contribution in [-0.4, -0.2) is 55.7 Å². The molecule has 0 atom stereocenters. The molecule has 2 N–H and O–H groups in total. The number of halogens is 1. The van der Waals surface area contributed by atoms with Crippen LogP contribution in [-0.2, 0) is 6.42 Å². The fourth-order valence-electron chi connectivity index (χ4n) is 4.42. The van der Waals surface area contributed by atoms with Gasteiger partial charge in [-0.15, -0.1) is 11.3 Å². The van der Waals surface area contributed by atoms with E-state index < -0.39 is 0 Å². The number of benzene rings is 1. The minimum atomic E-state index is -0.215. The first-order valence-electron chi connectivity index (χ1n) is 11.7. The number of imidazole rings is 1. The van der Waals surface area contributed by atoms with Gasteiger partial charge in [-0.25, -0.2) is 4.98 Å². The summed E-state index contributed by atoms with van der Waals surface area (Å²) in [5.41, 5.74) is 7.08. The summed E-state index contributed by atoms with van der Waals surface area (Å²) < 4.78 is 13.7. The molecular weight excluding hydrogens is 473 g/mol. The Bertz CT molecular complexity index is 1680. The second kappa shape index (κ2) is 9.25. The summed E-state index contributed by atoms with van der Waals surface area (Å²) in [6.07, 6.45) is 7.60. The van der Waals surface area contributed by atoms with Crippen molar-refractivity contribution in [1.29, 1.82) is 0 Å². The van der Waals surface area contributed by atoms with E-state index in [0.29, 0.717) is 11.5 Å². The van der Waals surface area contributed by atoms with Gasteiger partial charge in [0.2, 0.25) is 0 Å². The Morgan fingerprint density at radius 2 is 1.94 bits per heavy atom. The van der Waals surface area contributed by atoms with Crippen molar-refractivity contribution < 1.29 is 4.39 Å². The molecule has 0 saturated carbocycles. The molecule has 6 rings (SSSR count). The van der Waals surface area contributed by atoms with Crippen molar-refractivity contribution >= 4 is 33.3 Å². The molecule has 0 aliphatic heterocycles. The van der Waals surface area contributed by atoms with Gasteiger partial charge in [-0.2, -0.15) is 9.49 Å². The summed E-state index contributed by atoms with van der Waals surface area (Å²) in [4.78, 5) is 20.4. The Balaban J connectivity index is 1.37. The van der Waals surface area contributed by atoms with Crippen molar-refractivity contribution in [3.63, 3.8) is 0 Å². The number of H-pyrrole nitrogens is 2. The van der Waals surface area contributed by atoms with Crippen molar-refractivity contribution in [3.05, 3.63) is 71.7 Å². The van der Waals surface area contributed by atoms with Crippen LogP contribution < -0.4 is 0 Å². The molecule has 7 nitrogen and oxygen atoms in total. The monoisotopic (exact) mass is 497 g/mol. The third-order valence-corrected chi connectivity index (χ3v) is 7.09. The van der Waals surface area contributed by atoms with Crippen molar-refractivity contribution in [2.24, 2.45) is 0 Å². The Labute approximate surface area is 211 Å². The fraction of sp³-hybridized carbons (Fsp3) is 0.185. The molecule has 0 aliphatic carbocycles. The lowest BCUT2D eigenvalue weighted by Crippen LogP contribution is -2.13. The smallest absolute Gasteiger partial charge is 0.176 e. The zero-order valence-electron chi connectivity index (χ0n) is 19.9. The van der Waals surface area contributed by atoms with Crippen LogP contribution in [0.15, 0.2) is 61.1 Å². The summed E-state index contributed by atoms with van der Waals surface area (Å²) in [5.74, 6) is 0.647. The lowest BCUT2D eigenvalue weighted by Gasteiger charge is -2.09. The highest BCUT2D eigenvalue weighted by Gasteiger charge is 2.17. The normalized spacial score (nSPS) is 11.8. The topological polar surface area (TPSA) is 86.4 Å². The summed E-state index contributed by atoms with van der Waals surface area (Å²) in [7, 11) is 4.17. The van der Waals surface area contributed by atoms with Gasteiger partial charge in [0.05, 0.1) is 28.4 Å². The van der Waals surface area contributed by atoms with Crippen molar-refractivity contribution in [2.45, 2.75) is 12.8 Å². The van der Waals surface area contributed by atoms with Gasteiger partial charge in [-0.1, -0.05) is 12.1 Å². The molecule has 9 heteroatoms. The molecule has 0 saturated heterocycles. The third-order valence-electron chi connectivity index (χ3n) is 6.18. The van der Waals surface area contributed by atoms with E-state index in [-0.39, 0.29) is 5.13 Å². The number of hydrogen-bond donors (Lipinski definition) is 2. The first-order valence-corrected chi connectivity index (χ1v) is 12.5. The van der Waals surface area contributed by atoms with Gasteiger partial charge in [-0.05, 0) is 69.4 Å². The number of thiophene rings is 1. The molecule has 1 aromatic carbocycles. The lowest BCUT2D eigenvalue weighted by molar-refractivity contribution is 0.400. The minimum Gasteiger partial charge on any atom is -0.337 e. The lowest BCUT2D eigenvalue weighted by atomic mass is 10.1. The second-order valence-corrected chi connectivity index (χ2v) is 10.1. The van der Waals surface area contributed by atoms with E-state index in [9.17, 15) is 4.39 Å². The van der Waals surface area contributed by atoms with Crippen LogP contribution in [0.1, 0.15) is 12.0 Å². The van der Waals surface area contributed by atoms with Gasteiger partial charge in [0.25, 0.3) is 0 Å². The third kappa shape index (κ3) is 4.27. The maximum Gasteiger partial charge on any atom is 0.176 e. The van der Waals surface area contributed by atoms with Crippen LogP contribution in [0.5, 0.6) is 0 Å². The molecule has 0 aliphatic rings. The van der Waals surface area contributed by atoms with E-state index in [4.69, 9.17) is 4.98 Å². The molecule has 0 spiro atoms. The zero-order chi connectivity index (χ0) is 24.6. The number of aromatic nitrogens is 6. The number of para-hydroxylation sites is 1. The van der Waals surface area contributed by atoms with Crippen LogP contribution in [0.4, 0.5) is 4.39 Å². The standard InChI is InChI=1S/C27H24FN7S/c1-35(2)10-4-5-16-11-17(14-29-13-16)21-12-19-22(15-30-21)33-34-26(19)27-31-20-7-3-6-18(25(20)32-27)23-8-9-24(28)36-23/h3,6-9,11-15H,4-5,10H2,1-2H3,(H,31,32)(H,33,34). The minimum absolute atomic E-state index is 0.215. The van der Waals surface area contributed by atoms with Crippen LogP contribution in [0, 0.1) is 5.13 Å². The van der Waals surface area contributed by atoms with Crippen molar-refractivity contribution in [3.8, 4) is 33.2 Å². The molecule has 0 bridgehead atoms. The number of fused-ring (bicyclic) bond motifs is 2. The molecule has 0 radical (unpaired) electrons. The predicted octanol–water partition coefficient (Wildman–Crippen LogP) is 5.93. The first kappa shape index (κ1) is 22.5. The van der Waals surface area contributed by atoms with Gasteiger partial charge in [-0.3, -0.25) is 15.1 Å². The Kier molecular flexibility index (Phi) is 5.79. The van der Waals surface area contributed by atoms with E-state index in [0.717, 1.165) is 74.4 Å². The molecule has 6 aromatic rings. The molecule has 180 valence electrons. The van der Waals surface area contributed by atoms with Crippen LogP contribution in [0.3, 0.4) is 0 Å². The fourth-order valence-corrected chi connectivity index (χ4v) is 5.18. The van der Waals surface area contributed by atoms with Gasteiger partial charge >= 0.3 is 0 Å². The summed E-state index contributed by atoms with van der Waals surface area (Å²) >= 11 is 1.11. The Morgan fingerprint density at radius 3 is 2.78 bits per heavy atom. The number of pyridine rings is 2. The molecule has 5 aromatic heterocycles. The summed E-state index contributed by atoms with van der Waals surface area (Å²) in [6.45, 7) is 1.04. The van der Waals surface area contributed by atoms with E-state index in [2.05, 4.69) is 50.2 Å². The van der Waals surface area contributed by atoms with E-state index >= 15 is 0 Å². The zero-order valence-corrected chi connectivity index (χ0v) is 20.7. The molecule has 0 unspecified atom stereocenters. The number of aryl methyl sites for hydroxylation is 1. The maximum atomic E-state index is 13.7. The maximum absolute atomic E-state index is 13.7. The van der Waals surface area contributed by atoms with E-state index in [1.807, 2.05) is 36.7 Å². The molecular formula is C27H24FN7S. The summed E-state index contributed by atoms with van der Waals surface area (Å²) in [5, 5.41) is 8.31. The van der Waals surface area contributed by atoms with Crippen LogP contribution in [0.25, 0.3) is 55.2 Å². The van der Waals surface area contributed by atoms with Gasteiger partial charge in [0.15, 0.2) is 11.0 Å². The predicted molar refractivity (Wildman–Crippen MR) is 142 cm³/mol. The number of aromatic amines is 2. The van der Waals surface area contributed by atoms with Crippen LogP contribution >= 0.6 is 11.3 Å². The van der Waals surface area contributed by atoms with Crippen LogP contribution in [0.2, 0.25) is 0 Å². The summed E-state index contributed by atoms with van der Waals surface area (Å²) in [6, 6.07) is 13.3. The molecule has 0 fully saturated rings. The number of nitrogens with one attached hydrogen (secondary N) is 2. The van der Waals surface area contributed by atoms with Crippen molar-refractivity contribution in [1.82, 2.24) is 35.0 Å². The van der Waals surface area contributed by atoms with Crippen molar-refractivity contribution in [2.75, 3.05) is 20.6 Å². The second-order valence-electron chi connectivity index (χ2n) is 9.07. The van der Waals surface area contributed by atoms with Gasteiger partial charge in [0, 0.05) is 33.8 Å². The molecule has 5 heterocycles. The molecule has 0 amide bonds. The van der Waals surface area contributed by atoms with Gasteiger partial charge in [0.1, 0.15) is 5.69 Å². The quantitative estimate of drug-likeness (QED) is 0.286. The highest BCUT2D eigenvalue weighted by molar-refractivity contribution is 7.14. The number of rotatable bonds is 7. The highest BCUT2D eigenvalue weighted by atomic mass is 32.1. The van der Waals surface area contributed by atoms with E-state index in [1.165, 1.54) is 11.6 Å². The Hall–Kier alpha value is -3.95. The van der Waals surface area contributed by atoms with Gasteiger partial charge < -0.3 is 9.88 Å².